The van der Waals surface area contributed by atoms with Gasteiger partial charge in [-0.1, -0.05) is 0 Å². The minimum atomic E-state index is 0.535. The summed E-state index contributed by atoms with van der Waals surface area (Å²) in [6.45, 7) is 4.57. The van der Waals surface area contributed by atoms with Crippen LogP contribution in [0.5, 0.6) is 0 Å². The fourth-order valence-electron chi connectivity index (χ4n) is 2.96. The Balaban J connectivity index is 1.84. The van der Waals surface area contributed by atoms with Crippen LogP contribution in [-0.2, 0) is 0 Å². The highest BCUT2D eigenvalue weighted by molar-refractivity contribution is 5.08. The molecule has 2 heteroatoms. The van der Waals surface area contributed by atoms with Crippen molar-refractivity contribution in [2.45, 2.75) is 64.1 Å². The molecule has 0 bridgehead atoms. The topological polar surface area (TPSA) is 29.3 Å². The Bertz CT molecular complexity index is 204. The summed E-state index contributed by atoms with van der Waals surface area (Å²) in [7, 11) is 2.26. The van der Waals surface area contributed by atoms with E-state index < -0.39 is 0 Å². The standard InChI is InChI=1S/C12H24N2/c1-9(2)14(3)10-4-6-12(7-5-10)8-11(12)13/h9-11H,4-8,13H2,1-3H3. The Morgan fingerprint density at radius 1 is 1.29 bits per heavy atom. The normalized spacial score (nSPS) is 42.4. The van der Waals surface area contributed by atoms with Crippen molar-refractivity contribution >= 4 is 0 Å². The van der Waals surface area contributed by atoms with E-state index in [-0.39, 0.29) is 0 Å². The molecule has 2 nitrogen and oxygen atoms in total. The lowest BCUT2D eigenvalue weighted by molar-refractivity contribution is 0.127. The first kappa shape index (κ1) is 10.4. The Labute approximate surface area is 87.8 Å². The molecule has 1 atom stereocenters. The van der Waals surface area contributed by atoms with E-state index in [1.54, 1.807) is 0 Å². The maximum Gasteiger partial charge on any atom is 0.0102 e. The van der Waals surface area contributed by atoms with E-state index in [4.69, 9.17) is 5.73 Å². The monoisotopic (exact) mass is 196 g/mol. The van der Waals surface area contributed by atoms with Crippen molar-refractivity contribution < 1.29 is 0 Å². The lowest BCUT2D eigenvalue weighted by atomic mass is 9.82. The minimum absolute atomic E-state index is 0.535. The van der Waals surface area contributed by atoms with Gasteiger partial charge in [-0.05, 0) is 58.4 Å². The van der Waals surface area contributed by atoms with Gasteiger partial charge < -0.3 is 10.6 Å². The van der Waals surface area contributed by atoms with Gasteiger partial charge in [0, 0.05) is 18.1 Å². The van der Waals surface area contributed by atoms with Crippen molar-refractivity contribution in [1.29, 1.82) is 0 Å². The van der Waals surface area contributed by atoms with E-state index >= 15 is 0 Å². The predicted octanol–water partition coefficient (Wildman–Crippen LogP) is 1.99. The van der Waals surface area contributed by atoms with E-state index in [0.717, 1.165) is 6.04 Å². The molecule has 2 rings (SSSR count). The molecule has 0 heterocycles. The van der Waals surface area contributed by atoms with Crippen LogP contribution in [0.3, 0.4) is 0 Å². The van der Waals surface area contributed by atoms with Crippen LogP contribution in [0.15, 0.2) is 0 Å². The molecule has 82 valence electrons. The number of nitrogens with zero attached hydrogens (tertiary/aromatic N) is 1. The summed E-state index contributed by atoms with van der Waals surface area (Å²) in [5, 5.41) is 0. The molecule has 1 unspecified atom stereocenters. The van der Waals surface area contributed by atoms with E-state index in [2.05, 4.69) is 25.8 Å². The molecule has 2 fully saturated rings. The number of rotatable bonds is 2. The zero-order chi connectivity index (χ0) is 10.3. The smallest absolute Gasteiger partial charge is 0.0102 e. The van der Waals surface area contributed by atoms with Crippen molar-refractivity contribution in [1.82, 2.24) is 4.90 Å². The molecular weight excluding hydrogens is 172 g/mol. The van der Waals surface area contributed by atoms with Gasteiger partial charge in [-0.3, -0.25) is 0 Å². The highest BCUT2D eigenvalue weighted by Gasteiger charge is 2.53. The molecule has 0 amide bonds. The molecular formula is C12H24N2. The van der Waals surface area contributed by atoms with Gasteiger partial charge in [-0.15, -0.1) is 0 Å². The maximum absolute atomic E-state index is 6.00. The van der Waals surface area contributed by atoms with Crippen molar-refractivity contribution in [3.05, 3.63) is 0 Å². The first-order valence-electron chi connectivity index (χ1n) is 6.03. The first-order chi connectivity index (χ1) is 6.55. The maximum atomic E-state index is 6.00. The van der Waals surface area contributed by atoms with Crippen molar-refractivity contribution in [3.63, 3.8) is 0 Å². The summed E-state index contributed by atoms with van der Waals surface area (Å²) in [5.74, 6) is 0. The van der Waals surface area contributed by atoms with E-state index in [9.17, 15) is 0 Å². The Morgan fingerprint density at radius 2 is 1.79 bits per heavy atom. The Morgan fingerprint density at radius 3 is 2.14 bits per heavy atom. The summed E-state index contributed by atoms with van der Waals surface area (Å²) < 4.78 is 0. The third kappa shape index (κ3) is 1.70. The SMILES string of the molecule is CC(C)N(C)C1CCC2(CC1)CC2N. The number of hydrogen-bond donors (Lipinski definition) is 1. The van der Waals surface area contributed by atoms with Crippen molar-refractivity contribution in [2.24, 2.45) is 11.1 Å². The first-order valence-corrected chi connectivity index (χ1v) is 6.03. The lowest BCUT2D eigenvalue weighted by Gasteiger charge is -2.37. The van der Waals surface area contributed by atoms with Crippen LogP contribution in [0.25, 0.3) is 0 Å². The molecule has 2 aliphatic rings. The summed E-state index contributed by atoms with van der Waals surface area (Å²) in [6, 6.07) is 2.03. The van der Waals surface area contributed by atoms with Gasteiger partial charge in [0.05, 0.1) is 0 Å². The molecule has 2 N–H and O–H groups in total. The molecule has 0 aromatic carbocycles. The second-order valence-corrected chi connectivity index (χ2v) is 5.66. The van der Waals surface area contributed by atoms with E-state index in [1.165, 1.54) is 32.1 Å². The zero-order valence-electron chi connectivity index (χ0n) is 9.79. The van der Waals surface area contributed by atoms with Gasteiger partial charge in [0.1, 0.15) is 0 Å². The largest absolute Gasteiger partial charge is 0.327 e. The van der Waals surface area contributed by atoms with E-state index in [1.807, 2.05) is 0 Å². The summed E-state index contributed by atoms with van der Waals surface area (Å²) in [6.07, 6.45) is 6.77. The van der Waals surface area contributed by atoms with Gasteiger partial charge in [-0.2, -0.15) is 0 Å². The molecule has 0 aliphatic heterocycles. The molecule has 14 heavy (non-hydrogen) atoms. The van der Waals surface area contributed by atoms with E-state index in [0.29, 0.717) is 17.5 Å². The molecule has 2 saturated carbocycles. The fraction of sp³-hybridized carbons (Fsp3) is 1.00. The highest BCUT2D eigenvalue weighted by atomic mass is 15.1. The molecule has 2 aliphatic carbocycles. The van der Waals surface area contributed by atoms with Crippen LogP contribution < -0.4 is 5.73 Å². The van der Waals surface area contributed by atoms with Crippen LogP contribution in [0.2, 0.25) is 0 Å². The van der Waals surface area contributed by atoms with Gasteiger partial charge in [0.25, 0.3) is 0 Å². The summed E-state index contributed by atoms with van der Waals surface area (Å²) in [5.41, 5.74) is 6.59. The van der Waals surface area contributed by atoms with Gasteiger partial charge in [-0.25, -0.2) is 0 Å². The Hall–Kier alpha value is -0.0800. The average Bonchev–Trinajstić information content (AvgIpc) is 2.76. The summed E-state index contributed by atoms with van der Waals surface area (Å²) >= 11 is 0. The molecule has 0 radical (unpaired) electrons. The quantitative estimate of drug-likeness (QED) is 0.732. The second-order valence-electron chi connectivity index (χ2n) is 5.66. The average molecular weight is 196 g/mol. The minimum Gasteiger partial charge on any atom is -0.327 e. The fourth-order valence-corrected chi connectivity index (χ4v) is 2.96. The third-order valence-electron chi connectivity index (χ3n) is 4.59. The molecule has 1 spiro atoms. The second kappa shape index (κ2) is 3.49. The van der Waals surface area contributed by atoms with Gasteiger partial charge in [0.15, 0.2) is 0 Å². The van der Waals surface area contributed by atoms with Crippen LogP contribution in [0, 0.1) is 5.41 Å². The molecule has 0 saturated heterocycles. The highest BCUT2D eigenvalue weighted by Crippen LogP contribution is 2.55. The van der Waals surface area contributed by atoms with Crippen LogP contribution in [-0.4, -0.2) is 30.1 Å². The third-order valence-corrected chi connectivity index (χ3v) is 4.59. The Kier molecular flexibility index (Phi) is 2.61. The summed E-state index contributed by atoms with van der Waals surface area (Å²) in [4.78, 5) is 2.53. The number of hydrogen-bond acceptors (Lipinski definition) is 2. The zero-order valence-corrected chi connectivity index (χ0v) is 9.79. The van der Waals surface area contributed by atoms with Gasteiger partial charge in [0.2, 0.25) is 0 Å². The van der Waals surface area contributed by atoms with Crippen LogP contribution in [0.4, 0.5) is 0 Å². The van der Waals surface area contributed by atoms with Crippen molar-refractivity contribution in [2.75, 3.05) is 7.05 Å². The van der Waals surface area contributed by atoms with Crippen molar-refractivity contribution in [3.8, 4) is 0 Å². The number of nitrogens with two attached hydrogens (primary N) is 1. The molecule has 0 aromatic rings. The van der Waals surface area contributed by atoms with Crippen LogP contribution >= 0.6 is 0 Å². The van der Waals surface area contributed by atoms with Crippen LogP contribution in [0.1, 0.15) is 46.0 Å². The lowest BCUT2D eigenvalue weighted by Crippen LogP contribution is -2.40. The van der Waals surface area contributed by atoms with Gasteiger partial charge >= 0.3 is 0 Å². The molecule has 0 aromatic heterocycles. The predicted molar refractivity (Wildman–Crippen MR) is 60.2 cm³/mol.